The molecule has 24 heavy (non-hydrogen) atoms. The molecule has 0 bridgehead atoms. The van der Waals surface area contributed by atoms with Crippen LogP contribution >= 0.6 is 0 Å². The number of esters is 1. The normalized spacial score (nSPS) is 15.2. The standard InChI is InChI=1S/C17H19FN4O2/c1-24-16(23)12-9-13(18)11-15(10-12)22-7-3-14(4-8-22)21-17-19-5-2-6-20-17/h2,5-6,9-11,14H,3-4,7-8H2,1H3,(H,19,20,21). The number of aromatic nitrogens is 2. The van der Waals surface area contributed by atoms with E-state index in [-0.39, 0.29) is 11.6 Å². The molecule has 1 aliphatic rings. The van der Waals surface area contributed by atoms with Gasteiger partial charge in [0.25, 0.3) is 0 Å². The van der Waals surface area contributed by atoms with Gasteiger partial charge in [-0.1, -0.05) is 0 Å². The van der Waals surface area contributed by atoms with E-state index in [1.807, 2.05) is 0 Å². The molecule has 1 fully saturated rings. The first kappa shape index (κ1) is 16.2. The smallest absolute Gasteiger partial charge is 0.338 e. The van der Waals surface area contributed by atoms with Crippen molar-refractivity contribution < 1.29 is 13.9 Å². The fourth-order valence-electron chi connectivity index (χ4n) is 2.83. The van der Waals surface area contributed by atoms with Crippen LogP contribution in [0.4, 0.5) is 16.0 Å². The van der Waals surface area contributed by atoms with Crippen molar-refractivity contribution >= 4 is 17.6 Å². The highest BCUT2D eigenvalue weighted by Gasteiger charge is 2.21. The average Bonchev–Trinajstić information content (AvgIpc) is 2.62. The number of nitrogens with zero attached hydrogens (tertiary/aromatic N) is 3. The molecule has 6 nitrogen and oxygen atoms in total. The summed E-state index contributed by atoms with van der Waals surface area (Å²) >= 11 is 0. The maximum Gasteiger partial charge on any atom is 0.338 e. The number of benzene rings is 1. The molecule has 0 radical (unpaired) electrons. The van der Waals surface area contributed by atoms with E-state index in [4.69, 9.17) is 0 Å². The van der Waals surface area contributed by atoms with Crippen LogP contribution in [0.1, 0.15) is 23.2 Å². The van der Waals surface area contributed by atoms with Crippen LogP contribution in [-0.4, -0.2) is 42.2 Å². The second-order valence-electron chi connectivity index (χ2n) is 5.67. The minimum Gasteiger partial charge on any atom is -0.465 e. The Morgan fingerprint density at radius 2 is 1.96 bits per heavy atom. The topological polar surface area (TPSA) is 67.3 Å². The number of piperidine rings is 1. The van der Waals surface area contributed by atoms with Crippen LogP contribution in [0.5, 0.6) is 0 Å². The van der Waals surface area contributed by atoms with Crippen LogP contribution in [0.25, 0.3) is 0 Å². The lowest BCUT2D eigenvalue weighted by atomic mass is 10.0. The van der Waals surface area contributed by atoms with Crippen molar-refractivity contribution in [3.05, 3.63) is 48.0 Å². The van der Waals surface area contributed by atoms with Crippen LogP contribution in [0, 0.1) is 5.82 Å². The maximum atomic E-state index is 13.8. The second kappa shape index (κ2) is 7.25. The summed E-state index contributed by atoms with van der Waals surface area (Å²) in [6.45, 7) is 1.52. The number of hydrogen-bond acceptors (Lipinski definition) is 6. The molecule has 2 heterocycles. The number of hydrogen-bond donors (Lipinski definition) is 1. The molecule has 1 aromatic carbocycles. The van der Waals surface area contributed by atoms with Crippen LogP contribution in [0.3, 0.4) is 0 Å². The Labute approximate surface area is 139 Å². The molecule has 1 aromatic heterocycles. The van der Waals surface area contributed by atoms with Crippen LogP contribution in [0.15, 0.2) is 36.7 Å². The molecule has 2 aromatic rings. The Balaban J connectivity index is 1.64. The van der Waals surface area contributed by atoms with Crippen molar-refractivity contribution in [2.45, 2.75) is 18.9 Å². The summed E-state index contributed by atoms with van der Waals surface area (Å²) < 4.78 is 18.4. The molecule has 1 N–H and O–H groups in total. The average molecular weight is 330 g/mol. The molecular formula is C17H19FN4O2. The van der Waals surface area contributed by atoms with E-state index in [2.05, 4.69) is 24.9 Å². The summed E-state index contributed by atoms with van der Waals surface area (Å²) in [7, 11) is 1.29. The van der Waals surface area contributed by atoms with Gasteiger partial charge >= 0.3 is 5.97 Å². The summed E-state index contributed by atoms with van der Waals surface area (Å²) in [5.74, 6) is -0.353. The first-order valence-corrected chi connectivity index (χ1v) is 7.83. The van der Waals surface area contributed by atoms with Crippen molar-refractivity contribution in [1.82, 2.24) is 9.97 Å². The largest absolute Gasteiger partial charge is 0.465 e. The predicted molar refractivity (Wildman–Crippen MR) is 88.6 cm³/mol. The molecule has 126 valence electrons. The minimum absolute atomic E-state index is 0.227. The van der Waals surface area contributed by atoms with E-state index in [0.717, 1.165) is 25.9 Å². The monoisotopic (exact) mass is 330 g/mol. The zero-order valence-corrected chi connectivity index (χ0v) is 13.4. The molecule has 3 rings (SSSR count). The van der Waals surface area contributed by atoms with Gasteiger partial charge in [-0.3, -0.25) is 0 Å². The van der Waals surface area contributed by atoms with Crippen molar-refractivity contribution in [1.29, 1.82) is 0 Å². The first-order valence-electron chi connectivity index (χ1n) is 7.83. The highest BCUT2D eigenvalue weighted by Crippen LogP contribution is 2.24. The van der Waals surface area contributed by atoms with E-state index in [9.17, 15) is 9.18 Å². The number of carbonyl (C=O) groups excluding carboxylic acids is 1. The zero-order valence-electron chi connectivity index (χ0n) is 13.4. The van der Waals surface area contributed by atoms with E-state index >= 15 is 0 Å². The fourth-order valence-corrected chi connectivity index (χ4v) is 2.83. The van der Waals surface area contributed by atoms with Crippen LogP contribution in [0.2, 0.25) is 0 Å². The summed E-state index contributed by atoms with van der Waals surface area (Å²) in [4.78, 5) is 22.0. The molecule has 0 spiro atoms. The number of anilines is 2. The molecule has 7 heteroatoms. The highest BCUT2D eigenvalue weighted by molar-refractivity contribution is 5.90. The summed E-state index contributed by atoms with van der Waals surface area (Å²) in [6.07, 6.45) is 5.15. The van der Waals surface area contributed by atoms with Gasteiger partial charge in [-0.2, -0.15) is 0 Å². The molecule has 1 saturated heterocycles. The zero-order chi connectivity index (χ0) is 16.9. The van der Waals surface area contributed by atoms with Gasteiger partial charge in [-0.15, -0.1) is 0 Å². The number of carbonyl (C=O) groups is 1. The van der Waals surface area contributed by atoms with Gasteiger partial charge in [0.1, 0.15) is 5.82 Å². The highest BCUT2D eigenvalue weighted by atomic mass is 19.1. The number of rotatable bonds is 4. The number of nitrogens with one attached hydrogen (secondary N) is 1. The van der Waals surface area contributed by atoms with Crippen molar-refractivity contribution in [3.63, 3.8) is 0 Å². The Morgan fingerprint density at radius 3 is 2.62 bits per heavy atom. The summed E-state index contributed by atoms with van der Waals surface area (Å²) in [6, 6.07) is 6.36. The minimum atomic E-state index is -0.534. The van der Waals surface area contributed by atoms with Gasteiger partial charge in [0, 0.05) is 37.2 Å². The molecule has 0 amide bonds. The Morgan fingerprint density at radius 1 is 1.25 bits per heavy atom. The molecule has 0 unspecified atom stereocenters. The Kier molecular flexibility index (Phi) is 4.88. The molecule has 0 aliphatic carbocycles. The van der Waals surface area contributed by atoms with Gasteiger partial charge in [-0.05, 0) is 37.1 Å². The predicted octanol–water partition coefficient (Wildman–Crippen LogP) is 2.48. The maximum absolute atomic E-state index is 13.8. The Hall–Kier alpha value is -2.70. The SMILES string of the molecule is COC(=O)c1cc(F)cc(N2CCC(Nc3ncccn3)CC2)c1. The quantitative estimate of drug-likeness (QED) is 0.869. The van der Waals surface area contributed by atoms with Crippen LogP contribution in [-0.2, 0) is 4.74 Å². The number of ether oxygens (including phenoxy) is 1. The third-order valence-corrected chi connectivity index (χ3v) is 4.06. The third kappa shape index (κ3) is 3.79. The summed E-state index contributed by atoms with van der Waals surface area (Å²) in [5.41, 5.74) is 0.926. The van der Waals surface area contributed by atoms with Gasteiger partial charge in [-0.25, -0.2) is 19.2 Å². The summed E-state index contributed by atoms with van der Waals surface area (Å²) in [5, 5.41) is 3.31. The van der Waals surface area contributed by atoms with E-state index in [1.54, 1.807) is 24.5 Å². The molecular weight excluding hydrogens is 311 g/mol. The van der Waals surface area contributed by atoms with E-state index < -0.39 is 11.8 Å². The lowest BCUT2D eigenvalue weighted by Crippen LogP contribution is -2.39. The van der Waals surface area contributed by atoms with Crippen molar-refractivity contribution in [3.8, 4) is 0 Å². The molecule has 1 aliphatic heterocycles. The Bertz CT molecular complexity index is 703. The van der Waals surface area contributed by atoms with E-state index in [0.29, 0.717) is 11.6 Å². The van der Waals surface area contributed by atoms with E-state index in [1.165, 1.54) is 19.2 Å². The van der Waals surface area contributed by atoms with Gasteiger partial charge in [0.15, 0.2) is 0 Å². The van der Waals surface area contributed by atoms with Gasteiger partial charge in [0.2, 0.25) is 5.95 Å². The second-order valence-corrected chi connectivity index (χ2v) is 5.67. The lowest BCUT2D eigenvalue weighted by molar-refractivity contribution is 0.0600. The van der Waals surface area contributed by atoms with Crippen LogP contribution < -0.4 is 10.2 Å². The molecule has 0 atom stereocenters. The first-order chi connectivity index (χ1) is 11.7. The van der Waals surface area contributed by atoms with Crippen molar-refractivity contribution in [2.24, 2.45) is 0 Å². The number of methoxy groups -OCH3 is 1. The van der Waals surface area contributed by atoms with Gasteiger partial charge in [0.05, 0.1) is 12.7 Å². The lowest BCUT2D eigenvalue weighted by Gasteiger charge is -2.34. The number of halogens is 1. The molecule has 0 saturated carbocycles. The van der Waals surface area contributed by atoms with Gasteiger partial charge < -0.3 is 15.0 Å². The third-order valence-electron chi connectivity index (χ3n) is 4.06. The van der Waals surface area contributed by atoms with Crippen molar-refractivity contribution in [2.75, 3.05) is 30.4 Å². The fraction of sp³-hybridized carbons (Fsp3) is 0.353.